The van der Waals surface area contributed by atoms with Gasteiger partial charge in [0.15, 0.2) is 0 Å². The molecule has 0 aliphatic heterocycles. The molecule has 0 radical (unpaired) electrons. The van der Waals surface area contributed by atoms with Crippen molar-refractivity contribution in [2.75, 3.05) is 13.2 Å². The van der Waals surface area contributed by atoms with Gasteiger partial charge in [-0.15, -0.1) is 0 Å². The van der Waals surface area contributed by atoms with Gasteiger partial charge in [-0.3, -0.25) is 0 Å². The zero-order valence-electron chi connectivity index (χ0n) is 18.9. The number of hydrogen-bond donors (Lipinski definition) is 1. The Morgan fingerprint density at radius 3 is 2.07 bits per heavy atom. The topological polar surface area (TPSA) is 29.5 Å². The van der Waals surface area contributed by atoms with E-state index < -0.39 is 0 Å². The van der Waals surface area contributed by atoms with Gasteiger partial charge in [0.2, 0.25) is 0 Å². The molecule has 29 heavy (non-hydrogen) atoms. The van der Waals surface area contributed by atoms with Crippen LogP contribution in [-0.2, 0) is 11.3 Å². The number of ether oxygens (including phenoxy) is 1. The Morgan fingerprint density at radius 2 is 1.41 bits per heavy atom. The molecule has 0 amide bonds. The number of benzene rings is 1. The molecule has 1 rings (SSSR count). The monoisotopic (exact) mass is 396 g/mol. The van der Waals surface area contributed by atoms with Crippen LogP contribution in [0.4, 0.5) is 0 Å². The summed E-state index contributed by atoms with van der Waals surface area (Å²) >= 11 is 0. The Hall–Kier alpha value is -1.90. The first-order valence-electron chi connectivity index (χ1n) is 10.9. The normalized spacial score (nSPS) is 12.9. The molecule has 2 nitrogen and oxygen atoms in total. The van der Waals surface area contributed by atoms with Crippen LogP contribution in [0.5, 0.6) is 0 Å². The van der Waals surface area contributed by atoms with E-state index in [2.05, 4.69) is 70.2 Å². The molecule has 0 aliphatic carbocycles. The molecule has 0 aromatic heterocycles. The van der Waals surface area contributed by atoms with E-state index in [1.54, 1.807) is 0 Å². The van der Waals surface area contributed by atoms with Crippen molar-refractivity contribution in [3.8, 4) is 0 Å². The van der Waals surface area contributed by atoms with Crippen molar-refractivity contribution in [3.63, 3.8) is 0 Å². The summed E-state index contributed by atoms with van der Waals surface area (Å²) in [4.78, 5) is 0. The van der Waals surface area contributed by atoms with E-state index in [0.717, 1.165) is 38.5 Å². The third-order valence-corrected chi connectivity index (χ3v) is 4.86. The lowest BCUT2D eigenvalue weighted by Crippen LogP contribution is -1.99. The number of rotatable bonds is 14. The smallest absolute Gasteiger partial charge is 0.0721 e. The zero-order valence-corrected chi connectivity index (χ0v) is 18.9. The summed E-state index contributed by atoms with van der Waals surface area (Å²) in [5.74, 6) is 0. The average Bonchev–Trinajstić information content (AvgIpc) is 2.68. The van der Waals surface area contributed by atoms with E-state index in [1.165, 1.54) is 27.9 Å². The van der Waals surface area contributed by atoms with Gasteiger partial charge in [-0.25, -0.2) is 0 Å². The van der Waals surface area contributed by atoms with Crippen molar-refractivity contribution in [2.24, 2.45) is 0 Å². The molecule has 1 aromatic rings. The van der Waals surface area contributed by atoms with Crippen LogP contribution in [0.15, 0.2) is 76.9 Å². The number of aliphatic hydroxyl groups is 1. The molecule has 0 aliphatic rings. The lowest BCUT2D eigenvalue weighted by molar-refractivity contribution is 0.140. The van der Waals surface area contributed by atoms with Crippen molar-refractivity contribution in [3.05, 3.63) is 82.5 Å². The standard InChI is InChI=1S/C27H40O2/c1-23(2)11-8-12-24(3)13-9-17-27(18-10-14-25(4)19-20-28)22-29-21-26-15-6-5-7-16-26/h5-7,11,13,15-16,18-19,28H,8-10,12,14,17,20-22H2,1-4H3/b24-13+,25-19+,27-18-. The second-order valence-corrected chi connectivity index (χ2v) is 8.02. The van der Waals surface area contributed by atoms with Gasteiger partial charge in [-0.2, -0.15) is 0 Å². The Labute approximate surface area is 178 Å². The summed E-state index contributed by atoms with van der Waals surface area (Å²) in [5.41, 5.74) is 6.68. The second-order valence-electron chi connectivity index (χ2n) is 8.02. The highest BCUT2D eigenvalue weighted by Gasteiger charge is 2.00. The van der Waals surface area contributed by atoms with Crippen molar-refractivity contribution < 1.29 is 9.84 Å². The lowest BCUT2D eigenvalue weighted by atomic mass is 10.0. The minimum atomic E-state index is 0.124. The summed E-state index contributed by atoms with van der Waals surface area (Å²) < 4.78 is 5.98. The maximum absolute atomic E-state index is 9.01. The van der Waals surface area contributed by atoms with Gasteiger partial charge in [-0.1, -0.05) is 71.4 Å². The Balaban J connectivity index is 2.54. The van der Waals surface area contributed by atoms with Crippen LogP contribution in [0.25, 0.3) is 0 Å². The molecule has 0 fully saturated rings. The Bertz CT molecular complexity index is 674. The fourth-order valence-corrected chi connectivity index (χ4v) is 3.06. The maximum atomic E-state index is 9.01. The molecule has 0 saturated carbocycles. The highest BCUT2D eigenvalue weighted by atomic mass is 16.5. The predicted octanol–water partition coefficient (Wildman–Crippen LogP) is 7.32. The van der Waals surface area contributed by atoms with E-state index >= 15 is 0 Å². The average molecular weight is 397 g/mol. The van der Waals surface area contributed by atoms with Crippen LogP contribution in [-0.4, -0.2) is 18.3 Å². The minimum Gasteiger partial charge on any atom is -0.392 e. The summed E-state index contributed by atoms with van der Waals surface area (Å²) in [5, 5.41) is 9.01. The van der Waals surface area contributed by atoms with E-state index in [9.17, 15) is 0 Å². The maximum Gasteiger partial charge on any atom is 0.0721 e. The molecule has 0 atom stereocenters. The van der Waals surface area contributed by atoms with E-state index in [-0.39, 0.29) is 6.61 Å². The van der Waals surface area contributed by atoms with E-state index in [0.29, 0.717) is 13.2 Å². The van der Waals surface area contributed by atoms with Crippen LogP contribution in [0, 0.1) is 0 Å². The van der Waals surface area contributed by atoms with Crippen molar-refractivity contribution in [1.29, 1.82) is 0 Å². The van der Waals surface area contributed by atoms with Gasteiger partial charge in [0.25, 0.3) is 0 Å². The summed E-state index contributed by atoms with van der Waals surface area (Å²) in [7, 11) is 0. The zero-order chi connectivity index (χ0) is 21.3. The van der Waals surface area contributed by atoms with Gasteiger partial charge < -0.3 is 9.84 Å². The highest BCUT2D eigenvalue weighted by molar-refractivity contribution is 5.14. The molecule has 0 bridgehead atoms. The van der Waals surface area contributed by atoms with Gasteiger partial charge in [0.05, 0.1) is 19.8 Å². The molecule has 2 heteroatoms. The molecular formula is C27H40O2. The number of aliphatic hydroxyl groups excluding tert-OH is 1. The largest absolute Gasteiger partial charge is 0.392 e. The third kappa shape index (κ3) is 13.8. The third-order valence-electron chi connectivity index (χ3n) is 4.86. The van der Waals surface area contributed by atoms with E-state index in [1.807, 2.05) is 12.1 Å². The molecular weight excluding hydrogens is 356 g/mol. The van der Waals surface area contributed by atoms with Crippen molar-refractivity contribution >= 4 is 0 Å². The van der Waals surface area contributed by atoms with Gasteiger partial charge >= 0.3 is 0 Å². The molecule has 1 aromatic carbocycles. The SMILES string of the molecule is CC(C)=CCC/C(C)=C/CC/C(=C/CC/C(C)=C/CO)COCc1ccccc1. The predicted molar refractivity (Wildman–Crippen MR) is 126 cm³/mol. The molecule has 0 spiro atoms. The Morgan fingerprint density at radius 1 is 0.793 bits per heavy atom. The lowest BCUT2D eigenvalue weighted by Gasteiger charge is -2.09. The summed E-state index contributed by atoms with van der Waals surface area (Å²) in [6.45, 7) is 10.1. The second kappa shape index (κ2) is 16.0. The minimum absolute atomic E-state index is 0.124. The highest BCUT2D eigenvalue weighted by Crippen LogP contribution is 2.15. The van der Waals surface area contributed by atoms with Crippen molar-refractivity contribution in [1.82, 2.24) is 0 Å². The first kappa shape index (κ1) is 25.1. The van der Waals surface area contributed by atoms with Gasteiger partial charge in [0.1, 0.15) is 0 Å². The van der Waals surface area contributed by atoms with Crippen LogP contribution in [0.2, 0.25) is 0 Å². The fourth-order valence-electron chi connectivity index (χ4n) is 3.06. The molecule has 0 saturated heterocycles. The van der Waals surface area contributed by atoms with Crippen LogP contribution in [0.3, 0.4) is 0 Å². The van der Waals surface area contributed by atoms with Crippen molar-refractivity contribution in [2.45, 2.75) is 72.8 Å². The van der Waals surface area contributed by atoms with Gasteiger partial charge in [-0.05, 0) is 77.4 Å². The molecule has 0 heterocycles. The first-order chi connectivity index (χ1) is 14.0. The Kier molecular flexibility index (Phi) is 13.8. The molecule has 160 valence electrons. The van der Waals surface area contributed by atoms with Crippen LogP contribution in [0.1, 0.15) is 71.8 Å². The number of allylic oxidation sites excluding steroid dienone is 6. The summed E-state index contributed by atoms with van der Waals surface area (Å²) in [6.07, 6.45) is 15.2. The molecule has 0 unspecified atom stereocenters. The summed E-state index contributed by atoms with van der Waals surface area (Å²) in [6, 6.07) is 10.3. The molecule has 1 N–H and O–H groups in total. The quantitative estimate of drug-likeness (QED) is 0.334. The fraction of sp³-hybridized carbons (Fsp3) is 0.481. The first-order valence-corrected chi connectivity index (χ1v) is 10.9. The van der Waals surface area contributed by atoms with Crippen LogP contribution < -0.4 is 0 Å². The van der Waals surface area contributed by atoms with Crippen LogP contribution >= 0.6 is 0 Å². The van der Waals surface area contributed by atoms with E-state index in [4.69, 9.17) is 9.84 Å². The number of hydrogen-bond acceptors (Lipinski definition) is 2. The van der Waals surface area contributed by atoms with Gasteiger partial charge in [0, 0.05) is 0 Å².